The summed E-state index contributed by atoms with van der Waals surface area (Å²) in [6.07, 6.45) is 32.3. The van der Waals surface area contributed by atoms with Crippen LogP contribution in [0.2, 0.25) is 0 Å². The molecule has 1 aliphatic rings. The first-order chi connectivity index (χ1) is 22.9. The van der Waals surface area contributed by atoms with Crippen molar-refractivity contribution in [2.75, 3.05) is 33.4 Å². The van der Waals surface area contributed by atoms with Crippen LogP contribution in [0.25, 0.3) is 0 Å². The molecule has 1 rings (SSSR count). The molecule has 0 N–H and O–H groups in total. The van der Waals surface area contributed by atoms with Crippen LogP contribution < -0.4 is 0 Å². The lowest BCUT2D eigenvalue weighted by molar-refractivity contribution is -0.161. The monoisotopic (exact) mass is 688 g/mol. The van der Waals surface area contributed by atoms with Gasteiger partial charge in [-0.2, -0.15) is 0 Å². The molecule has 0 saturated carbocycles. The van der Waals surface area contributed by atoms with Gasteiger partial charge in [-0.1, -0.05) is 168 Å². The smallest absolute Gasteiger partial charge is 0.408 e. The normalized spacial score (nSPS) is 17.3. The molecule has 0 aliphatic carbocycles. The van der Waals surface area contributed by atoms with E-state index in [1.54, 1.807) is 11.7 Å². The average Bonchev–Trinajstić information content (AvgIpc) is 3.40. The summed E-state index contributed by atoms with van der Waals surface area (Å²) in [6.45, 7) is 5.10. The minimum Gasteiger partial charge on any atom is -0.462 e. The van der Waals surface area contributed by atoms with Crippen molar-refractivity contribution in [2.24, 2.45) is 0 Å². The third kappa shape index (κ3) is 25.7. The molecule has 9 heteroatoms. The number of carbonyl (C=O) groups excluding carboxylic acids is 2. The van der Waals surface area contributed by atoms with Gasteiger partial charge >= 0.3 is 19.7 Å². The van der Waals surface area contributed by atoms with Crippen molar-refractivity contribution < 1.29 is 32.7 Å². The molecular weight excluding hydrogens is 613 g/mol. The summed E-state index contributed by atoms with van der Waals surface area (Å²) in [7, 11) is -1.72. The largest absolute Gasteiger partial charge is 0.462 e. The summed E-state index contributed by atoms with van der Waals surface area (Å²) < 4.78 is 36.4. The van der Waals surface area contributed by atoms with Crippen molar-refractivity contribution in [3.8, 4) is 0 Å². The van der Waals surface area contributed by atoms with Gasteiger partial charge in [0.25, 0.3) is 0 Å². The maximum atomic E-state index is 12.9. The quantitative estimate of drug-likeness (QED) is 0.0375. The lowest BCUT2D eigenvalue weighted by Crippen LogP contribution is -2.30. The van der Waals surface area contributed by atoms with E-state index in [-0.39, 0.29) is 25.2 Å². The number of unbranched alkanes of at least 4 members (excludes halogenated alkanes) is 24. The van der Waals surface area contributed by atoms with Crippen molar-refractivity contribution in [3.63, 3.8) is 0 Å². The van der Waals surface area contributed by atoms with Gasteiger partial charge in [0.15, 0.2) is 6.10 Å². The lowest BCUT2D eigenvalue weighted by atomic mass is 10.0. The maximum absolute atomic E-state index is 12.9. The molecule has 8 nitrogen and oxygen atoms in total. The zero-order chi connectivity index (χ0) is 34.3. The number of carbonyl (C=O) groups is 2. The number of esters is 2. The van der Waals surface area contributed by atoms with Crippen LogP contribution in [-0.4, -0.2) is 56.1 Å². The fourth-order valence-corrected chi connectivity index (χ4v) is 7.48. The van der Waals surface area contributed by atoms with Crippen LogP contribution in [0.3, 0.4) is 0 Å². The number of ether oxygens (including phenoxy) is 2. The first kappa shape index (κ1) is 44.1. The minimum absolute atomic E-state index is 0.106. The maximum Gasteiger partial charge on any atom is 0.408 e. The van der Waals surface area contributed by atoms with Crippen molar-refractivity contribution in [2.45, 2.75) is 200 Å². The van der Waals surface area contributed by atoms with Gasteiger partial charge in [-0.15, -0.1) is 0 Å². The summed E-state index contributed by atoms with van der Waals surface area (Å²) in [5.41, 5.74) is 0. The summed E-state index contributed by atoms with van der Waals surface area (Å²) in [5, 5.41) is 0. The first-order valence-corrected chi connectivity index (χ1v) is 21.4. The van der Waals surface area contributed by atoms with E-state index in [9.17, 15) is 14.2 Å². The van der Waals surface area contributed by atoms with Gasteiger partial charge in [-0.25, -0.2) is 9.24 Å². The zero-order valence-corrected chi connectivity index (χ0v) is 31.9. The average molecular weight is 688 g/mol. The number of hydrogen-bond donors (Lipinski definition) is 0. The molecule has 0 aromatic rings. The van der Waals surface area contributed by atoms with Crippen molar-refractivity contribution >= 4 is 19.7 Å². The van der Waals surface area contributed by atoms with Gasteiger partial charge in [-0.05, 0) is 19.9 Å². The second-order valence-electron chi connectivity index (χ2n) is 13.8. The highest BCUT2D eigenvalue weighted by molar-refractivity contribution is 7.51. The standard InChI is InChI=1S/C38H74NO7P/c1-4-6-8-10-12-14-16-18-20-22-24-26-28-30-37(40)43-34-36(35-45-47(42)39(3)32-33-44-47)46-38(41)31-29-27-25-23-21-19-17-15-13-11-9-7-5-2/h36H,4-35H2,1-3H3. The molecule has 278 valence electrons. The molecule has 0 aromatic heterocycles. The van der Waals surface area contributed by atoms with Crippen molar-refractivity contribution in [1.82, 2.24) is 4.67 Å². The van der Waals surface area contributed by atoms with Gasteiger partial charge in [0, 0.05) is 19.4 Å². The van der Waals surface area contributed by atoms with Crippen molar-refractivity contribution in [1.29, 1.82) is 0 Å². The summed E-state index contributed by atoms with van der Waals surface area (Å²) in [4.78, 5) is 25.0. The van der Waals surface area contributed by atoms with Crippen LogP contribution >= 0.6 is 7.75 Å². The fraction of sp³-hybridized carbons (Fsp3) is 0.947. The predicted octanol–water partition coefficient (Wildman–Crippen LogP) is 11.5. The lowest BCUT2D eigenvalue weighted by Gasteiger charge is -2.22. The summed E-state index contributed by atoms with van der Waals surface area (Å²) >= 11 is 0. The minimum atomic E-state index is -3.40. The molecule has 2 unspecified atom stereocenters. The van der Waals surface area contributed by atoms with E-state index in [4.69, 9.17) is 18.5 Å². The Morgan fingerprint density at radius 3 is 1.36 bits per heavy atom. The van der Waals surface area contributed by atoms with Gasteiger partial charge in [0.05, 0.1) is 13.2 Å². The number of hydrogen-bond acceptors (Lipinski definition) is 7. The third-order valence-electron chi connectivity index (χ3n) is 9.21. The van der Waals surface area contributed by atoms with E-state index in [0.717, 1.165) is 38.5 Å². The van der Waals surface area contributed by atoms with Crippen LogP contribution in [0.4, 0.5) is 0 Å². The van der Waals surface area contributed by atoms with Crippen molar-refractivity contribution in [3.05, 3.63) is 0 Å². The van der Waals surface area contributed by atoms with E-state index < -0.39 is 13.9 Å². The molecular formula is C38H74NO7P. The Labute approximate surface area is 289 Å². The molecule has 0 aromatic carbocycles. The Morgan fingerprint density at radius 2 is 0.979 bits per heavy atom. The molecule has 1 saturated heterocycles. The molecule has 1 heterocycles. The second kappa shape index (κ2) is 31.1. The number of nitrogens with zero attached hydrogens (tertiary/aromatic N) is 1. The summed E-state index contributed by atoms with van der Waals surface area (Å²) in [6, 6.07) is 0. The predicted molar refractivity (Wildman–Crippen MR) is 194 cm³/mol. The number of rotatable bonds is 34. The first-order valence-electron chi connectivity index (χ1n) is 19.9. The molecule has 0 bridgehead atoms. The van der Waals surface area contributed by atoms with Crippen LogP contribution in [0.15, 0.2) is 0 Å². The van der Waals surface area contributed by atoms with Crippen LogP contribution in [0, 0.1) is 0 Å². The molecule has 0 radical (unpaired) electrons. The Morgan fingerprint density at radius 1 is 0.596 bits per heavy atom. The van der Waals surface area contributed by atoms with E-state index in [1.807, 2.05) is 0 Å². The highest BCUT2D eigenvalue weighted by Gasteiger charge is 2.37. The van der Waals surface area contributed by atoms with E-state index in [0.29, 0.717) is 26.0 Å². The molecule has 1 aliphatic heterocycles. The SMILES string of the molecule is CCCCCCCCCCCCCCCC(=O)OCC(COP1(=O)OCCN1C)OC(=O)CCCCCCCCCCCCCCC. The summed E-state index contributed by atoms with van der Waals surface area (Å²) in [5.74, 6) is -0.639. The number of likely N-dealkylation sites (N-methyl/N-ethyl adjacent to an activating group) is 1. The second-order valence-corrected chi connectivity index (χ2v) is 15.9. The molecule has 0 spiro atoms. The molecule has 2 atom stereocenters. The third-order valence-corrected chi connectivity index (χ3v) is 11.2. The van der Waals surface area contributed by atoms with Gasteiger partial charge in [0.2, 0.25) is 0 Å². The van der Waals surface area contributed by atoms with Crippen LogP contribution in [0.1, 0.15) is 194 Å². The Balaban J connectivity index is 2.20. The zero-order valence-electron chi connectivity index (χ0n) is 31.0. The Bertz CT molecular complexity index is 796. The van der Waals surface area contributed by atoms with E-state index in [2.05, 4.69) is 13.8 Å². The van der Waals surface area contributed by atoms with Gasteiger partial charge < -0.3 is 9.47 Å². The van der Waals surface area contributed by atoms with Crippen LogP contribution in [0.5, 0.6) is 0 Å². The molecule has 47 heavy (non-hydrogen) atoms. The Kier molecular flexibility index (Phi) is 29.1. The molecule has 0 amide bonds. The van der Waals surface area contributed by atoms with E-state index >= 15 is 0 Å². The fourth-order valence-electron chi connectivity index (χ4n) is 6.02. The van der Waals surface area contributed by atoms with Gasteiger partial charge in [-0.3, -0.25) is 18.6 Å². The van der Waals surface area contributed by atoms with E-state index in [1.165, 1.54) is 128 Å². The highest BCUT2D eigenvalue weighted by Crippen LogP contribution is 2.54. The highest BCUT2D eigenvalue weighted by atomic mass is 31.2. The van der Waals surface area contributed by atoms with Gasteiger partial charge in [0.1, 0.15) is 6.61 Å². The topological polar surface area (TPSA) is 91.4 Å². The Hall–Kier alpha value is -0.950. The van der Waals surface area contributed by atoms with Crippen LogP contribution in [-0.2, 0) is 32.7 Å². The molecule has 1 fully saturated rings.